The molecule has 158 valence electrons. The Bertz CT molecular complexity index is 889. The molecule has 1 aliphatic carbocycles. The van der Waals surface area contributed by atoms with Crippen LogP contribution in [0.25, 0.3) is 10.7 Å². The zero-order valence-electron chi connectivity index (χ0n) is 18.2. The van der Waals surface area contributed by atoms with Gasteiger partial charge in [0, 0.05) is 25.0 Å². The number of carbonyl (C=O) groups is 1. The van der Waals surface area contributed by atoms with E-state index >= 15 is 0 Å². The predicted octanol–water partition coefficient (Wildman–Crippen LogP) is 4.80. The second kappa shape index (κ2) is 8.06. The molecule has 1 saturated heterocycles. The van der Waals surface area contributed by atoms with E-state index in [2.05, 4.69) is 41.6 Å². The molecule has 2 aliphatic rings. The summed E-state index contributed by atoms with van der Waals surface area (Å²) in [7, 11) is 2.02. The minimum Gasteiger partial charge on any atom is -0.342 e. The summed E-state index contributed by atoms with van der Waals surface area (Å²) in [5, 5.41) is 9.59. The van der Waals surface area contributed by atoms with E-state index in [1.54, 1.807) is 0 Å². The Hall–Kier alpha value is -1.34. The van der Waals surface area contributed by atoms with Gasteiger partial charge in [-0.25, -0.2) is 0 Å². The number of fused-ring (bicyclic) bond motifs is 1. The first-order valence-corrected chi connectivity index (χ1v) is 12.4. The minimum atomic E-state index is -0.132. The van der Waals surface area contributed by atoms with Crippen LogP contribution in [0, 0.1) is 11.3 Å². The van der Waals surface area contributed by atoms with Crippen LogP contribution in [-0.4, -0.2) is 43.9 Å². The average Bonchev–Trinajstić information content (AvgIpc) is 3.40. The van der Waals surface area contributed by atoms with E-state index in [9.17, 15) is 4.79 Å². The Morgan fingerprint density at radius 2 is 2.00 bits per heavy atom. The maximum atomic E-state index is 12.6. The maximum absolute atomic E-state index is 12.6. The third-order valence-corrected chi connectivity index (χ3v) is 8.77. The molecule has 1 fully saturated rings. The van der Waals surface area contributed by atoms with Gasteiger partial charge in [-0.2, -0.15) is 0 Å². The number of rotatable bonds is 4. The van der Waals surface area contributed by atoms with Crippen molar-refractivity contribution < 1.29 is 4.79 Å². The first-order valence-electron chi connectivity index (χ1n) is 10.7. The predicted molar refractivity (Wildman–Crippen MR) is 120 cm³/mol. The summed E-state index contributed by atoms with van der Waals surface area (Å²) in [5.41, 5.74) is 1.85. The molecule has 2 aromatic heterocycles. The van der Waals surface area contributed by atoms with Crippen molar-refractivity contribution >= 4 is 29.0 Å². The SMILES string of the molecule is C[C@H](Sc1nnc(-c2cc3c(s2)CC[C@H](C(C)(C)C)C3)n1C)C(=O)N1CCCC1. The molecule has 3 heterocycles. The molecule has 1 aliphatic heterocycles. The lowest BCUT2D eigenvalue weighted by molar-refractivity contribution is -0.129. The van der Waals surface area contributed by atoms with Crippen molar-refractivity contribution in [2.75, 3.05) is 13.1 Å². The first kappa shape index (κ1) is 20.9. The zero-order chi connectivity index (χ0) is 20.8. The van der Waals surface area contributed by atoms with Gasteiger partial charge in [0.2, 0.25) is 5.91 Å². The number of aryl methyl sites for hydroxylation is 1. The number of likely N-dealkylation sites (tertiary alicyclic amines) is 1. The minimum absolute atomic E-state index is 0.132. The van der Waals surface area contributed by atoms with Crippen LogP contribution < -0.4 is 0 Å². The lowest BCUT2D eigenvalue weighted by Gasteiger charge is -2.33. The van der Waals surface area contributed by atoms with Crippen molar-refractivity contribution in [3.8, 4) is 10.7 Å². The van der Waals surface area contributed by atoms with Crippen molar-refractivity contribution in [1.82, 2.24) is 19.7 Å². The zero-order valence-corrected chi connectivity index (χ0v) is 19.8. The third kappa shape index (κ3) is 4.26. The molecular weight excluding hydrogens is 400 g/mol. The van der Waals surface area contributed by atoms with E-state index in [1.807, 2.05) is 30.2 Å². The highest BCUT2D eigenvalue weighted by molar-refractivity contribution is 8.00. The average molecular weight is 433 g/mol. The highest BCUT2D eigenvalue weighted by Crippen LogP contribution is 2.42. The molecule has 2 atom stereocenters. The first-order chi connectivity index (χ1) is 13.7. The molecule has 5 nitrogen and oxygen atoms in total. The number of carbonyl (C=O) groups excluding carboxylic acids is 1. The van der Waals surface area contributed by atoms with Crippen molar-refractivity contribution in [2.24, 2.45) is 18.4 Å². The molecule has 4 rings (SSSR count). The summed E-state index contributed by atoms with van der Waals surface area (Å²) in [6, 6.07) is 2.33. The fraction of sp³-hybridized carbons (Fsp3) is 0.682. The quantitative estimate of drug-likeness (QED) is 0.651. The summed E-state index contributed by atoms with van der Waals surface area (Å²) in [5.74, 6) is 1.87. The Morgan fingerprint density at radius 1 is 1.28 bits per heavy atom. The molecule has 29 heavy (non-hydrogen) atoms. The number of hydrogen-bond donors (Lipinski definition) is 0. The lowest BCUT2D eigenvalue weighted by Crippen LogP contribution is -2.34. The number of nitrogens with zero attached hydrogens (tertiary/aromatic N) is 4. The Labute approximate surface area is 182 Å². The normalized spacial score (nSPS) is 20.7. The molecule has 1 amide bonds. The van der Waals surface area contributed by atoms with Gasteiger partial charge in [0.15, 0.2) is 11.0 Å². The smallest absolute Gasteiger partial charge is 0.235 e. The molecule has 7 heteroatoms. The molecule has 2 aromatic rings. The van der Waals surface area contributed by atoms with E-state index in [0.717, 1.165) is 49.3 Å². The number of amides is 1. The van der Waals surface area contributed by atoms with Crippen LogP contribution in [0.5, 0.6) is 0 Å². The highest BCUT2D eigenvalue weighted by Gasteiger charge is 2.31. The second-order valence-corrected chi connectivity index (χ2v) is 12.0. The van der Waals surface area contributed by atoms with Crippen LogP contribution in [0.1, 0.15) is 57.4 Å². The van der Waals surface area contributed by atoms with Gasteiger partial charge in [-0.05, 0) is 62.0 Å². The molecular formula is C22H32N4OS2. The Morgan fingerprint density at radius 3 is 2.69 bits per heavy atom. The van der Waals surface area contributed by atoms with Crippen molar-refractivity contribution in [1.29, 1.82) is 0 Å². The number of hydrogen-bond acceptors (Lipinski definition) is 5. The van der Waals surface area contributed by atoms with Crippen LogP contribution in [0.4, 0.5) is 0 Å². The molecule has 0 N–H and O–H groups in total. The van der Waals surface area contributed by atoms with Gasteiger partial charge >= 0.3 is 0 Å². The maximum Gasteiger partial charge on any atom is 0.235 e. The van der Waals surface area contributed by atoms with Gasteiger partial charge in [0.1, 0.15) is 0 Å². The topological polar surface area (TPSA) is 51.0 Å². The third-order valence-electron chi connectivity index (χ3n) is 6.41. The lowest BCUT2D eigenvalue weighted by atomic mass is 9.72. The standard InChI is InChI=1S/C22H32N4OS2/c1-14(20(27)26-10-6-7-11-26)28-21-24-23-19(25(21)5)18-13-15-12-16(22(2,3)4)8-9-17(15)29-18/h13-14,16H,6-12H2,1-5H3/t14-,16-/m0/s1. The van der Waals surface area contributed by atoms with E-state index in [0.29, 0.717) is 5.41 Å². The van der Waals surface area contributed by atoms with Crippen molar-refractivity contribution in [3.05, 3.63) is 16.5 Å². The summed E-state index contributed by atoms with van der Waals surface area (Å²) in [6.07, 6.45) is 5.85. The molecule has 0 saturated carbocycles. The van der Waals surface area contributed by atoms with Crippen LogP contribution in [0.2, 0.25) is 0 Å². The van der Waals surface area contributed by atoms with Crippen molar-refractivity contribution in [2.45, 2.75) is 70.2 Å². The Kier molecular flexibility index (Phi) is 5.81. The largest absolute Gasteiger partial charge is 0.342 e. The van der Waals surface area contributed by atoms with E-state index < -0.39 is 0 Å². The highest BCUT2D eigenvalue weighted by atomic mass is 32.2. The van der Waals surface area contributed by atoms with Crippen LogP contribution in [-0.2, 0) is 24.7 Å². The summed E-state index contributed by atoms with van der Waals surface area (Å²) in [6.45, 7) is 10.8. The Balaban J connectivity index is 1.49. The van der Waals surface area contributed by atoms with Crippen LogP contribution in [0.15, 0.2) is 11.2 Å². The summed E-state index contributed by atoms with van der Waals surface area (Å²) in [4.78, 5) is 17.3. The molecule has 0 spiro atoms. The molecule has 0 unspecified atom stereocenters. The van der Waals surface area contributed by atoms with E-state index in [1.165, 1.54) is 39.9 Å². The van der Waals surface area contributed by atoms with E-state index in [4.69, 9.17) is 0 Å². The second-order valence-electron chi connectivity index (χ2n) is 9.52. The molecule has 0 radical (unpaired) electrons. The van der Waals surface area contributed by atoms with Gasteiger partial charge in [0.05, 0.1) is 10.1 Å². The van der Waals surface area contributed by atoms with Gasteiger partial charge in [0.25, 0.3) is 0 Å². The monoisotopic (exact) mass is 432 g/mol. The fourth-order valence-corrected chi connectivity index (χ4v) is 6.54. The van der Waals surface area contributed by atoms with E-state index in [-0.39, 0.29) is 11.2 Å². The van der Waals surface area contributed by atoms with Crippen LogP contribution in [0.3, 0.4) is 0 Å². The summed E-state index contributed by atoms with van der Waals surface area (Å²) < 4.78 is 2.05. The fourth-order valence-electron chi connectivity index (χ4n) is 4.41. The van der Waals surface area contributed by atoms with Gasteiger partial charge in [-0.1, -0.05) is 32.5 Å². The van der Waals surface area contributed by atoms with Gasteiger partial charge in [-0.15, -0.1) is 21.5 Å². The molecule has 0 bridgehead atoms. The number of thiophene rings is 1. The van der Waals surface area contributed by atoms with Crippen molar-refractivity contribution in [3.63, 3.8) is 0 Å². The number of thioether (sulfide) groups is 1. The summed E-state index contributed by atoms with van der Waals surface area (Å²) >= 11 is 3.39. The number of aromatic nitrogens is 3. The van der Waals surface area contributed by atoms with Gasteiger partial charge in [-0.3, -0.25) is 4.79 Å². The van der Waals surface area contributed by atoms with Gasteiger partial charge < -0.3 is 9.47 Å². The molecule has 0 aromatic carbocycles. The van der Waals surface area contributed by atoms with Crippen LogP contribution >= 0.6 is 23.1 Å².